The minimum atomic E-state index is -0.776. The maximum absolute atomic E-state index is 11.0. The number of ether oxygens (including phenoxy) is 6. The van der Waals surface area contributed by atoms with Crippen LogP contribution in [0.2, 0.25) is 0 Å². The number of para-hydroxylation sites is 2. The van der Waals surface area contributed by atoms with Crippen molar-refractivity contribution in [1.29, 1.82) is 0 Å². The fourth-order valence-corrected chi connectivity index (χ4v) is 7.37. The van der Waals surface area contributed by atoms with Crippen molar-refractivity contribution < 1.29 is 38.3 Å². The second-order valence-corrected chi connectivity index (χ2v) is 14.0. The summed E-state index contributed by atoms with van der Waals surface area (Å²) in [5.74, 6) is 1.46. The Bertz CT molecular complexity index is 1540. The number of hydrogen-bond donors (Lipinski definition) is 1. The topological polar surface area (TPSA) is 123 Å². The van der Waals surface area contributed by atoms with Crippen molar-refractivity contribution in [2.75, 3.05) is 71.8 Å². The van der Waals surface area contributed by atoms with Gasteiger partial charge in [-0.1, -0.05) is 62.4 Å². The smallest absolute Gasteiger partial charge is 0.294 e. The third kappa shape index (κ3) is 10.1. The van der Waals surface area contributed by atoms with Crippen molar-refractivity contribution >= 4 is 5.69 Å². The molecule has 1 saturated heterocycles. The summed E-state index contributed by atoms with van der Waals surface area (Å²) in [6.45, 7) is 11.2. The van der Waals surface area contributed by atoms with Gasteiger partial charge in [0.1, 0.15) is 17.6 Å². The zero-order chi connectivity index (χ0) is 36.9. The van der Waals surface area contributed by atoms with Crippen molar-refractivity contribution in [2.24, 2.45) is 0 Å². The lowest BCUT2D eigenvalue weighted by atomic mass is 9.80. The minimum absolute atomic E-state index is 0.0785. The van der Waals surface area contributed by atoms with Gasteiger partial charge in [-0.2, -0.15) is 0 Å². The van der Waals surface area contributed by atoms with Crippen LogP contribution in [0.15, 0.2) is 72.8 Å². The van der Waals surface area contributed by atoms with E-state index in [4.69, 9.17) is 33.3 Å². The van der Waals surface area contributed by atoms with Crippen LogP contribution in [0, 0.1) is 10.1 Å². The van der Waals surface area contributed by atoms with Gasteiger partial charge in [0.15, 0.2) is 0 Å². The Morgan fingerprint density at radius 3 is 2.40 bits per heavy atom. The molecule has 1 fully saturated rings. The summed E-state index contributed by atoms with van der Waals surface area (Å²) in [5.41, 5.74) is 4.50. The summed E-state index contributed by atoms with van der Waals surface area (Å²) >= 11 is 0. The lowest BCUT2D eigenvalue weighted by Crippen LogP contribution is -2.53. The standard InChI is InChI=1S/C40H55N3O9/c1-29(52-43(44)45)26-50-36-24-41-25-37(51-28-38-40(2,3)33-13-7-8-14-34(33)42(38)20-10-21-46-4)39(36)30-16-18-32(19-17-30)49-23-11-22-48-27-31-12-6-9-15-35(31)47-5/h6-9,12-19,29,36-39,41H,10-11,20-28H2,1-5H3/t29-,36?,37?,38?,39?/m0/s1. The second-order valence-electron chi connectivity index (χ2n) is 14.0. The first kappa shape index (κ1) is 39.3. The van der Waals surface area contributed by atoms with E-state index in [2.05, 4.69) is 60.5 Å². The van der Waals surface area contributed by atoms with E-state index < -0.39 is 11.2 Å². The van der Waals surface area contributed by atoms with E-state index in [1.54, 1.807) is 21.1 Å². The number of nitrogens with zero attached hydrogens (tertiary/aromatic N) is 2. The third-order valence-corrected chi connectivity index (χ3v) is 10.1. The number of benzene rings is 3. The number of piperidine rings is 1. The number of rotatable bonds is 21. The Balaban J connectivity index is 1.24. The van der Waals surface area contributed by atoms with Gasteiger partial charge in [-0.05, 0) is 48.7 Å². The molecule has 5 atom stereocenters. The van der Waals surface area contributed by atoms with Crippen LogP contribution in [-0.2, 0) is 35.8 Å². The molecule has 0 radical (unpaired) electrons. The van der Waals surface area contributed by atoms with Crippen molar-refractivity contribution in [3.63, 3.8) is 0 Å². The van der Waals surface area contributed by atoms with Gasteiger partial charge >= 0.3 is 0 Å². The van der Waals surface area contributed by atoms with Crippen LogP contribution in [0.4, 0.5) is 5.69 Å². The molecule has 0 aromatic heterocycles. The maximum Gasteiger partial charge on any atom is 0.294 e. The van der Waals surface area contributed by atoms with Crippen LogP contribution in [0.3, 0.4) is 0 Å². The van der Waals surface area contributed by atoms with Crippen molar-refractivity contribution in [3.05, 3.63) is 99.6 Å². The fraction of sp³-hybridized carbons (Fsp3) is 0.550. The van der Waals surface area contributed by atoms with Crippen molar-refractivity contribution in [2.45, 2.75) is 75.9 Å². The van der Waals surface area contributed by atoms with E-state index in [1.807, 2.05) is 36.4 Å². The molecule has 52 heavy (non-hydrogen) atoms. The van der Waals surface area contributed by atoms with Gasteiger partial charge in [-0.3, -0.25) is 0 Å². The zero-order valence-corrected chi connectivity index (χ0v) is 31.2. The molecule has 0 bridgehead atoms. The van der Waals surface area contributed by atoms with Crippen LogP contribution < -0.4 is 19.7 Å². The average molecular weight is 722 g/mol. The average Bonchev–Trinajstić information content (AvgIpc) is 3.36. The molecular formula is C40H55N3O9. The Morgan fingerprint density at radius 1 is 0.923 bits per heavy atom. The summed E-state index contributed by atoms with van der Waals surface area (Å²) in [5, 5.41) is 13.7. The molecule has 0 aliphatic carbocycles. The summed E-state index contributed by atoms with van der Waals surface area (Å²) in [6, 6.07) is 24.7. The van der Waals surface area contributed by atoms with Crippen LogP contribution >= 0.6 is 0 Å². The molecule has 5 rings (SSSR count). The Kier molecular flexibility index (Phi) is 14.5. The SMILES string of the molecule is COCCCN1c2ccccc2C(C)(C)C1COC1CNCC(OC[C@H](C)O[N+](=O)[O-])C1c1ccc(OCCCOCc2ccccc2OC)cc1. The Hall–Kier alpha value is -3.94. The lowest BCUT2D eigenvalue weighted by Gasteiger charge is -2.41. The molecule has 0 amide bonds. The molecule has 12 heteroatoms. The van der Waals surface area contributed by atoms with Gasteiger partial charge in [0.05, 0.1) is 58.4 Å². The third-order valence-electron chi connectivity index (χ3n) is 10.1. The fourth-order valence-electron chi connectivity index (χ4n) is 7.37. The van der Waals surface area contributed by atoms with Gasteiger partial charge in [0.2, 0.25) is 0 Å². The largest absolute Gasteiger partial charge is 0.496 e. The molecule has 2 heterocycles. The highest BCUT2D eigenvalue weighted by molar-refractivity contribution is 5.64. The highest BCUT2D eigenvalue weighted by atomic mass is 17.0. The van der Waals surface area contributed by atoms with E-state index in [-0.39, 0.29) is 36.2 Å². The molecule has 4 unspecified atom stereocenters. The molecule has 3 aromatic rings. The van der Waals surface area contributed by atoms with Crippen LogP contribution in [-0.4, -0.2) is 96.3 Å². The predicted octanol–water partition coefficient (Wildman–Crippen LogP) is 5.94. The summed E-state index contributed by atoms with van der Waals surface area (Å²) in [6.07, 6.45) is 0.444. The van der Waals surface area contributed by atoms with Gasteiger partial charge in [-0.15, -0.1) is 10.1 Å². The minimum Gasteiger partial charge on any atom is -0.496 e. The van der Waals surface area contributed by atoms with Gasteiger partial charge in [0, 0.05) is 62.4 Å². The number of hydrogen-bond acceptors (Lipinski definition) is 11. The Labute approximate surface area is 307 Å². The summed E-state index contributed by atoms with van der Waals surface area (Å²) < 4.78 is 35.9. The van der Waals surface area contributed by atoms with Crippen LogP contribution in [0.25, 0.3) is 0 Å². The lowest BCUT2D eigenvalue weighted by molar-refractivity contribution is -0.768. The highest BCUT2D eigenvalue weighted by Crippen LogP contribution is 2.45. The van der Waals surface area contributed by atoms with Crippen molar-refractivity contribution in [1.82, 2.24) is 5.32 Å². The maximum atomic E-state index is 11.0. The number of methoxy groups -OCH3 is 2. The van der Waals surface area contributed by atoms with E-state index in [1.165, 1.54) is 11.3 Å². The normalized spacial score (nSPS) is 21.4. The molecule has 0 saturated carbocycles. The van der Waals surface area contributed by atoms with E-state index in [9.17, 15) is 10.1 Å². The Morgan fingerprint density at radius 2 is 1.65 bits per heavy atom. The van der Waals surface area contributed by atoms with E-state index in [0.717, 1.165) is 42.0 Å². The quantitative estimate of drug-likeness (QED) is 0.0799. The molecule has 284 valence electrons. The molecule has 2 aliphatic heterocycles. The van der Waals surface area contributed by atoms with E-state index in [0.29, 0.717) is 46.1 Å². The zero-order valence-electron chi connectivity index (χ0n) is 31.2. The number of nitrogens with one attached hydrogen (secondary N) is 1. The summed E-state index contributed by atoms with van der Waals surface area (Å²) in [7, 11) is 3.40. The molecule has 3 aromatic carbocycles. The van der Waals surface area contributed by atoms with Gasteiger partial charge in [0.25, 0.3) is 5.09 Å². The molecule has 0 spiro atoms. The van der Waals surface area contributed by atoms with Crippen LogP contribution in [0.5, 0.6) is 11.5 Å². The van der Waals surface area contributed by atoms with E-state index >= 15 is 0 Å². The first-order valence-electron chi connectivity index (χ1n) is 18.3. The van der Waals surface area contributed by atoms with Crippen molar-refractivity contribution in [3.8, 4) is 11.5 Å². The summed E-state index contributed by atoms with van der Waals surface area (Å²) in [4.78, 5) is 18.2. The first-order chi connectivity index (χ1) is 25.2. The molecular weight excluding hydrogens is 666 g/mol. The predicted molar refractivity (Wildman–Crippen MR) is 199 cm³/mol. The number of fused-ring (bicyclic) bond motifs is 1. The first-order valence-corrected chi connectivity index (χ1v) is 18.3. The molecule has 12 nitrogen and oxygen atoms in total. The monoisotopic (exact) mass is 721 g/mol. The van der Waals surface area contributed by atoms with Crippen LogP contribution in [0.1, 0.15) is 56.2 Å². The van der Waals surface area contributed by atoms with Gasteiger partial charge < -0.3 is 43.5 Å². The molecule has 1 N–H and O–H groups in total. The van der Waals surface area contributed by atoms with Gasteiger partial charge in [-0.25, -0.2) is 0 Å². The highest BCUT2D eigenvalue weighted by Gasteiger charge is 2.45. The molecule has 2 aliphatic rings. The number of anilines is 1. The second kappa shape index (κ2) is 19.2.